The Balaban J connectivity index is 1.20. The molecule has 1 saturated carbocycles. The number of benzene rings is 1. The van der Waals surface area contributed by atoms with Crippen molar-refractivity contribution in [3.63, 3.8) is 0 Å². The molecule has 1 aromatic rings. The molecule has 0 spiro atoms. The van der Waals surface area contributed by atoms with Crippen molar-refractivity contribution in [1.29, 1.82) is 0 Å². The van der Waals surface area contributed by atoms with Crippen LogP contribution in [0.2, 0.25) is 0 Å². The highest BCUT2D eigenvalue weighted by Crippen LogP contribution is 2.45. The van der Waals surface area contributed by atoms with Crippen molar-refractivity contribution in [3.8, 4) is 0 Å². The zero-order valence-corrected chi connectivity index (χ0v) is 22.1. The summed E-state index contributed by atoms with van der Waals surface area (Å²) in [6.07, 6.45) is 2.53. The maximum Gasteiger partial charge on any atom is 0.494 e. The maximum atomic E-state index is 13.1. The normalized spacial score (nSPS) is 29.6. The molecule has 1 aliphatic carbocycles. The van der Waals surface area contributed by atoms with Gasteiger partial charge in [-0.2, -0.15) is 0 Å². The molecule has 194 valence electrons. The molecule has 1 unspecified atom stereocenters. The van der Waals surface area contributed by atoms with Crippen LogP contribution in [0.5, 0.6) is 0 Å². The molecule has 4 aliphatic rings. The van der Waals surface area contributed by atoms with E-state index in [0.29, 0.717) is 19.5 Å². The summed E-state index contributed by atoms with van der Waals surface area (Å²) in [5, 5.41) is 2.93. The number of nitrogens with zero attached hydrogens (tertiary/aromatic N) is 2. The first-order chi connectivity index (χ1) is 16.9. The Labute approximate surface area is 214 Å². The molecule has 3 saturated heterocycles. The third kappa shape index (κ3) is 4.45. The molecule has 1 N–H and O–H groups in total. The molecule has 3 aliphatic heterocycles. The SMILES string of the molecule is C[C@H]1CN(C(=O)CCC2(C3CC3)NC(=O)CC2=O)CCN1c1cccc(B2OC(C)(C)C(C)(C)O2)c1. The smallest absolute Gasteiger partial charge is 0.399 e. The molecule has 36 heavy (non-hydrogen) atoms. The number of rotatable bonds is 6. The molecule has 0 aromatic heterocycles. The van der Waals surface area contributed by atoms with Gasteiger partial charge in [0.1, 0.15) is 5.54 Å². The highest BCUT2D eigenvalue weighted by Gasteiger charge is 2.55. The van der Waals surface area contributed by atoms with Crippen LogP contribution < -0.4 is 15.7 Å². The second-order valence-corrected chi connectivity index (χ2v) is 12.0. The van der Waals surface area contributed by atoms with Gasteiger partial charge < -0.3 is 24.4 Å². The van der Waals surface area contributed by atoms with Crippen LogP contribution in [-0.2, 0) is 23.7 Å². The van der Waals surface area contributed by atoms with Crippen LogP contribution in [0.4, 0.5) is 5.69 Å². The predicted molar refractivity (Wildman–Crippen MR) is 138 cm³/mol. The van der Waals surface area contributed by atoms with E-state index in [2.05, 4.69) is 57.0 Å². The maximum absolute atomic E-state index is 13.1. The van der Waals surface area contributed by atoms with E-state index in [0.717, 1.165) is 30.5 Å². The van der Waals surface area contributed by atoms with Gasteiger partial charge >= 0.3 is 7.12 Å². The number of piperazine rings is 1. The fraction of sp³-hybridized carbons (Fsp3) is 0.667. The summed E-state index contributed by atoms with van der Waals surface area (Å²) in [6.45, 7) is 12.3. The lowest BCUT2D eigenvalue weighted by molar-refractivity contribution is -0.133. The molecular weight excluding hydrogens is 457 g/mol. The molecule has 0 bridgehead atoms. The van der Waals surface area contributed by atoms with Crippen LogP contribution in [0.1, 0.15) is 66.7 Å². The van der Waals surface area contributed by atoms with Gasteiger partial charge in [0.05, 0.1) is 17.6 Å². The van der Waals surface area contributed by atoms with Crippen LogP contribution in [0.15, 0.2) is 24.3 Å². The van der Waals surface area contributed by atoms with Gasteiger partial charge in [-0.15, -0.1) is 0 Å². The van der Waals surface area contributed by atoms with E-state index < -0.39 is 23.9 Å². The number of amides is 2. The number of hydrogen-bond acceptors (Lipinski definition) is 6. The van der Waals surface area contributed by atoms with Gasteiger partial charge in [-0.1, -0.05) is 12.1 Å². The van der Waals surface area contributed by atoms with E-state index in [1.54, 1.807) is 0 Å². The number of anilines is 1. The van der Waals surface area contributed by atoms with E-state index in [4.69, 9.17) is 9.31 Å². The van der Waals surface area contributed by atoms with Crippen LogP contribution in [0.25, 0.3) is 0 Å². The van der Waals surface area contributed by atoms with Crippen LogP contribution >= 0.6 is 0 Å². The Bertz CT molecular complexity index is 1060. The highest BCUT2D eigenvalue weighted by molar-refractivity contribution is 6.62. The quantitative estimate of drug-likeness (QED) is 0.480. The lowest BCUT2D eigenvalue weighted by Crippen LogP contribution is -2.55. The molecule has 0 radical (unpaired) electrons. The molecule has 2 amide bonds. The zero-order valence-electron chi connectivity index (χ0n) is 22.1. The van der Waals surface area contributed by atoms with Crippen LogP contribution in [0.3, 0.4) is 0 Å². The van der Waals surface area contributed by atoms with Crippen LogP contribution in [-0.4, -0.2) is 72.0 Å². The number of hydrogen-bond donors (Lipinski definition) is 1. The average molecular weight is 495 g/mol. The second-order valence-electron chi connectivity index (χ2n) is 12.0. The van der Waals surface area contributed by atoms with E-state index >= 15 is 0 Å². The second kappa shape index (κ2) is 8.87. The van der Waals surface area contributed by atoms with Gasteiger partial charge in [0.25, 0.3) is 0 Å². The minimum Gasteiger partial charge on any atom is -0.399 e. The zero-order chi connectivity index (χ0) is 25.9. The lowest BCUT2D eigenvalue weighted by atomic mass is 9.79. The Hall–Kier alpha value is -2.39. The topological polar surface area (TPSA) is 88.2 Å². The Morgan fingerprint density at radius 3 is 2.39 bits per heavy atom. The van der Waals surface area contributed by atoms with E-state index in [1.807, 2.05) is 17.0 Å². The molecular formula is C27H38BN3O5. The third-order valence-corrected chi connectivity index (χ3v) is 8.90. The standard InChI is InChI=1S/C27H38BN3O5/c1-18-17-30(24(34)11-12-27(19-9-10-19)22(32)16-23(33)29-27)13-14-31(18)21-8-6-7-20(15-21)28-35-25(2,3)26(4,5)36-28/h6-8,15,18-19H,9-14,16-17H2,1-5H3,(H,29,33)/t18-,27?/m0/s1. The first kappa shape index (κ1) is 25.3. The summed E-state index contributed by atoms with van der Waals surface area (Å²) in [5.74, 6) is 0.00456. The number of ketones is 1. The van der Waals surface area contributed by atoms with Crippen molar-refractivity contribution in [1.82, 2.24) is 10.2 Å². The van der Waals surface area contributed by atoms with Gasteiger partial charge in [0, 0.05) is 37.8 Å². The van der Waals surface area contributed by atoms with E-state index in [9.17, 15) is 14.4 Å². The molecule has 3 heterocycles. The molecule has 8 nitrogen and oxygen atoms in total. The van der Waals surface area contributed by atoms with Gasteiger partial charge in [0.2, 0.25) is 11.8 Å². The minimum atomic E-state index is -0.811. The van der Waals surface area contributed by atoms with Gasteiger partial charge in [0.15, 0.2) is 5.78 Å². The summed E-state index contributed by atoms with van der Waals surface area (Å²) < 4.78 is 12.5. The summed E-state index contributed by atoms with van der Waals surface area (Å²) in [4.78, 5) is 41.8. The highest BCUT2D eigenvalue weighted by atomic mass is 16.7. The summed E-state index contributed by atoms with van der Waals surface area (Å²) in [6, 6.07) is 8.43. The molecule has 1 aromatic carbocycles. The van der Waals surface area contributed by atoms with Crippen molar-refractivity contribution in [3.05, 3.63) is 24.3 Å². The lowest BCUT2D eigenvalue weighted by Gasteiger charge is -2.41. The van der Waals surface area contributed by atoms with Crippen molar-refractivity contribution in [2.24, 2.45) is 5.92 Å². The number of Topliss-reactive ketones (excluding diaryl/α,β-unsaturated/α-hetero) is 1. The summed E-state index contributed by atoms with van der Waals surface area (Å²) in [5.41, 5.74) is 0.487. The molecule has 5 rings (SSSR count). The minimum absolute atomic E-state index is 0.0390. The number of carbonyl (C=O) groups is 3. The van der Waals surface area contributed by atoms with Gasteiger partial charge in [-0.3, -0.25) is 14.4 Å². The average Bonchev–Trinajstić information content (AvgIpc) is 3.58. The first-order valence-electron chi connectivity index (χ1n) is 13.3. The van der Waals surface area contributed by atoms with Crippen molar-refractivity contribution >= 4 is 35.9 Å². The monoisotopic (exact) mass is 495 g/mol. The van der Waals surface area contributed by atoms with Crippen LogP contribution in [0, 0.1) is 5.92 Å². The fourth-order valence-corrected chi connectivity index (χ4v) is 5.84. The number of nitrogens with one attached hydrogen (secondary N) is 1. The summed E-state index contributed by atoms with van der Waals surface area (Å²) >= 11 is 0. The van der Waals surface area contributed by atoms with E-state index in [-0.39, 0.29) is 42.4 Å². The summed E-state index contributed by atoms with van der Waals surface area (Å²) in [7, 11) is -0.411. The van der Waals surface area contributed by atoms with Gasteiger partial charge in [-0.25, -0.2) is 0 Å². The van der Waals surface area contributed by atoms with Crippen molar-refractivity contribution < 1.29 is 23.7 Å². The van der Waals surface area contributed by atoms with Gasteiger partial charge in [-0.05, 0) is 77.4 Å². The Morgan fingerprint density at radius 1 is 1.11 bits per heavy atom. The Kier molecular flexibility index (Phi) is 6.23. The predicted octanol–water partition coefficient (Wildman–Crippen LogP) is 2.04. The van der Waals surface area contributed by atoms with Crippen molar-refractivity contribution in [2.75, 3.05) is 24.5 Å². The first-order valence-corrected chi connectivity index (χ1v) is 13.3. The molecule has 9 heteroatoms. The fourth-order valence-electron chi connectivity index (χ4n) is 5.84. The molecule has 4 fully saturated rings. The van der Waals surface area contributed by atoms with Crippen molar-refractivity contribution in [2.45, 2.75) is 89.5 Å². The molecule has 2 atom stereocenters. The third-order valence-electron chi connectivity index (χ3n) is 8.90. The number of carbonyl (C=O) groups excluding carboxylic acids is 3. The van der Waals surface area contributed by atoms with E-state index in [1.165, 1.54) is 0 Å². The Morgan fingerprint density at radius 2 is 1.81 bits per heavy atom. The largest absolute Gasteiger partial charge is 0.494 e.